The quantitative estimate of drug-likeness (QED) is 0.0981. The van der Waals surface area contributed by atoms with Crippen LogP contribution in [-0.2, 0) is 0 Å². The second-order valence-electron chi connectivity index (χ2n) is 11.4. The molecule has 12 N–H and O–H groups in total. The molecule has 9 heterocycles. The lowest BCUT2D eigenvalue weighted by Gasteiger charge is -1.79. The Balaban J connectivity index is -0.000000645. The van der Waals surface area contributed by atoms with Crippen molar-refractivity contribution in [2.75, 3.05) is 0 Å². The van der Waals surface area contributed by atoms with Gasteiger partial charge in [0.2, 0.25) is 0 Å². The van der Waals surface area contributed by atoms with Gasteiger partial charge >= 0.3 is 17.1 Å². The Labute approximate surface area is 371 Å². The van der Waals surface area contributed by atoms with Crippen molar-refractivity contribution >= 4 is 0 Å². The maximum absolute atomic E-state index is 10.4. The first kappa shape index (κ1) is 60.2. The van der Waals surface area contributed by atoms with Gasteiger partial charge in [-0.2, -0.15) is 46.1 Å². The molecule has 0 amide bonds. The average molecular weight is 896 g/mol. The SMILES string of the molecule is CC.CC.CC.Cc1[nH]c(=O)[nH]c1C.Cc1c[nH]c(=O)[nH]1.Cc1cn[nH]n1.Cc1cn[nH]n1.Cc1cnc[nH]1.Cc1cnc[nH]1.Cc1n[nH]c(=O)[nH]1.Cc1ncn[nH]1.Cc1ncn[nH]1. The molecular formula is C38H69N23O3. The maximum atomic E-state index is 10.4. The molecule has 0 aromatic carbocycles. The van der Waals surface area contributed by atoms with Crippen molar-refractivity contribution in [3.05, 3.63) is 145 Å². The minimum absolute atomic E-state index is 0.125. The van der Waals surface area contributed by atoms with E-state index in [0.29, 0.717) is 5.82 Å². The van der Waals surface area contributed by atoms with Gasteiger partial charge in [0.05, 0.1) is 36.4 Å². The number of hydrogen-bond acceptors (Lipinski definition) is 14. The molecule has 26 heteroatoms. The number of H-pyrrole nitrogens is 12. The predicted molar refractivity (Wildman–Crippen MR) is 246 cm³/mol. The summed E-state index contributed by atoms with van der Waals surface area (Å²) in [6, 6.07) is 0. The molecule has 9 aromatic heterocycles. The van der Waals surface area contributed by atoms with Crippen LogP contribution in [0.15, 0.2) is 70.7 Å². The first-order valence-electron chi connectivity index (χ1n) is 19.9. The lowest BCUT2D eigenvalue weighted by atomic mass is 10.4. The third-order valence-corrected chi connectivity index (χ3v) is 5.93. The van der Waals surface area contributed by atoms with E-state index in [-0.39, 0.29) is 17.1 Å². The summed E-state index contributed by atoms with van der Waals surface area (Å²) in [5.74, 6) is 2.33. The monoisotopic (exact) mass is 896 g/mol. The molecule has 0 unspecified atom stereocenters. The maximum Gasteiger partial charge on any atom is 0.340 e. The molecule has 0 spiro atoms. The van der Waals surface area contributed by atoms with Crippen molar-refractivity contribution in [1.29, 1.82) is 0 Å². The van der Waals surface area contributed by atoms with Crippen LogP contribution in [0.4, 0.5) is 0 Å². The van der Waals surface area contributed by atoms with E-state index in [4.69, 9.17) is 0 Å². The molecule has 64 heavy (non-hydrogen) atoms. The van der Waals surface area contributed by atoms with Gasteiger partial charge in [-0.1, -0.05) is 41.5 Å². The summed E-state index contributed by atoms with van der Waals surface area (Å²) in [7, 11) is 0. The molecule has 0 atom stereocenters. The fourth-order valence-electron chi connectivity index (χ4n) is 3.04. The van der Waals surface area contributed by atoms with Crippen LogP contribution in [-0.4, -0.2) is 116 Å². The van der Waals surface area contributed by atoms with Crippen molar-refractivity contribution in [2.24, 2.45) is 0 Å². The second kappa shape index (κ2) is 40.4. The molecule has 0 saturated carbocycles. The molecule has 9 rings (SSSR count). The van der Waals surface area contributed by atoms with Gasteiger partial charge in [0.25, 0.3) is 0 Å². The van der Waals surface area contributed by atoms with Gasteiger partial charge in [-0.15, -0.1) is 0 Å². The minimum atomic E-state index is -0.252. The minimum Gasteiger partial charge on any atom is -0.349 e. The second-order valence-corrected chi connectivity index (χ2v) is 11.4. The smallest absolute Gasteiger partial charge is 0.340 e. The number of aromatic amines is 12. The van der Waals surface area contributed by atoms with E-state index < -0.39 is 0 Å². The summed E-state index contributed by atoms with van der Waals surface area (Å²) in [4.78, 5) is 64.1. The van der Waals surface area contributed by atoms with E-state index in [0.717, 1.165) is 51.5 Å². The standard InChI is InChI=1S/C5H8N2O.C4H6N2O.2C4H6N2.C3H5N3O.4C3H5N3.3C2H6/c1-3-4(2)7-5(8)6-3;1-3-2-5-4(7)6-3;2*1-4-2-5-3-6-4;1-2-4-3(7)6-5-2;2*1-3-4-2-5-6-3;2*1-3-2-4-6-5-3;3*1-2/h1-2H3,(H2,6,7,8);2H,1H3,(H2,5,6,7);2*2-3H,1H3,(H,5,6);1H3,(H2,4,5,6,7);4*2H,1H3,(H,4,5,6);3*1-2H3. The van der Waals surface area contributed by atoms with Crippen LogP contribution in [0.2, 0.25) is 0 Å². The van der Waals surface area contributed by atoms with Crippen LogP contribution in [0.5, 0.6) is 0 Å². The summed E-state index contributed by atoms with van der Waals surface area (Å²) in [5.41, 5.74) is 6.24. The van der Waals surface area contributed by atoms with Gasteiger partial charge in [-0.25, -0.2) is 39.4 Å². The van der Waals surface area contributed by atoms with Gasteiger partial charge in [0.15, 0.2) is 0 Å². The van der Waals surface area contributed by atoms with Gasteiger partial charge in [0.1, 0.15) is 30.1 Å². The highest BCUT2D eigenvalue weighted by atomic mass is 16.1. The molecule has 0 fully saturated rings. The molecule has 0 saturated heterocycles. The van der Waals surface area contributed by atoms with Crippen molar-refractivity contribution < 1.29 is 0 Å². The summed E-state index contributed by atoms with van der Waals surface area (Å²) >= 11 is 0. The number of aromatic nitrogens is 23. The summed E-state index contributed by atoms with van der Waals surface area (Å²) in [6.07, 6.45) is 14.8. The van der Waals surface area contributed by atoms with E-state index in [9.17, 15) is 14.4 Å². The van der Waals surface area contributed by atoms with Crippen molar-refractivity contribution in [1.82, 2.24) is 116 Å². The van der Waals surface area contributed by atoms with E-state index in [1.54, 1.807) is 50.6 Å². The highest BCUT2D eigenvalue weighted by molar-refractivity contribution is 5.05. The molecule has 9 aromatic rings. The molecule has 0 radical (unpaired) electrons. The fourth-order valence-corrected chi connectivity index (χ4v) is 3.04. The zero-order valence-electron chi connectivity index (χ0n) is 39.8. The molecule has 0 aliphatic rings. The number of hydrogen-bond donors (Lipinski definition) is 12. The summed E-state index contributed by atoms with van der Waals surface area (Å²) in [5, 5.41) is 37.6. The van der Waals surface area contributed by atoms with E-state index in [1.807, 2.05) is 104 Å². The third kappa shape index (κ3) is 37.0. The first-order chi connectivity index (χ1) is 30.6. The number of nitrogens with one attached hydrogen (secondary N) is 12. The van der Waals surface area contributed by atoms with E-state index in [1.165, 1.54) is 12.7 Å². The number of rotatable bonds is 0. The number of imidazole rings is 4. The Kier molecular flexibility index (Phi) is 38.0. The Hall–Kier alpha value is -8.06. The van der Waals surface area contributed by atoms with Crippen LogP contribution in [0, 0.1) is 69.2 Å². The zero-order valence-corrected chi connectivity index (χ0v) is 39.8. The first-order valence-corrected chi connectivity index (χ1v) is 19.9. The van der Waals surface area contributed by atoms with Crippen molar-refractivity contribution in [3.8, 4) is 0 Å². The van der Waals surface area contributed by atoms with Crippen LogP contribution in [0.1, 0.15) is 98.9 Å². The van der Waals surface area contributed by atoms with E-state index >= 15 is 0 Å². The molecule has 0 aliphatic carbocycles. The van der Waals surface area contributed by atoms with Crippen LogP contribution in [0.25, 0.3) is 0 Å². The fraction of sp³-hybridized carbons (Fsp3) is 0.421. The molecule has 0 aliphatic heterocycles. The predicted octanol–water partition coefficient (Wildman–Crippen LogP) is 4.71. The van der Waals surface area contributed by atoms with Crippen LogP contribution in [0.3, 0.4) is 0 Å². The summed E-state index contributed by atoms with van der Waals surface area (Å²) in [6.45, 7) is 30.6. The summed E-state index contributed by atoms with van der Waals surface area (Å²) < 4.78 is 0. The Morgan fingerprint density at radius 2 is 0.844 bits per heavy atom. The Morgan fingerprint density at radius 1 is 0.406 bits per heavy atom. The number of nitrogens with zero attached hydrogens (tertiary/aromatic N) is 11. The molecule has 354 valence electrons. The van der Waals surface area contributed by atoms with Crippen LogP contribution < -0.4 is 17.1 Å². The van der Waals surface area contributed by atoms with Crippen molar-refractivity contribution in [2.45, 2.75) is 111 Å². The third-order valence-electron chi connectivity index (χ3n) is 5.93. The van der Waals surface area contributed by atoms with Crippen molar-refractivity contribution in [3.63, 3.8) is 0 Å². The normalized spacial score (nSPS) is 8.50. The Morgan fingerprint density at radius 3 is 0.938 bits per heavy atom. The van der Waals surface area contributed by atoms with E-state index in [2.05, 4.69) is 116 Å². The Bertz CT molecular complexity index is 2040. The molecular weight excluding hydrogens is 827 g/mol. The van der Waals surface area contributed by atoms with Gasteiger partial charge in [-0.3, -0.25) is 15.2 Å². The lowest BCUT2D eigenvalue weighted by Crippen LogP contribution is -2.00. The van der Waals surface area contributed by atoms with Gasteiger partial charge in [0, 0.05) is 47.1 Å². The number of aryl methyl sites for hydroxylation is 10. The highest BCUT2D eigenvalue weighted by Crippen LogP contribution is 1.91. The zero-order chi connectivity index (χ0) is 49.1. The lowest BCUT2D eigenvalue weighted by molar-refractivity contribution is 0.928. The molecule has 26 nitrogen and oxygen atoms in total. The average Bonchev–Trinajstić information content (AvgIpc) is 4.11. The molecule has 0 bridgehead atoms. The van der Waals surface area contributed by atoms with Gasteiger partial charge in [-0.05, 0) is 69.2 Å². The topological polar surface area (TPSA) is 382 Å². The van der Waals surface area contributed by atoms with Crippen LogP contribution >= 0.6 is 0 Å². The largest absolute Gasteiger partial charge is 0.349 e. The highest BCUT2D eigenvalue weighted by Gasteiger charge is 1.92. The van der Waals surface area contributed by atoms with Gasteiger partial charge < -0.3 is 29.9 Å².